The number of pyridine rings is 1. The molecule has 0 saturated heterocycles. The maximum atomic E-state index is 10.6. The van der Waals surface area contributed by atoms with Gasteiger partial charge in [0.2, 0.25) is 0 Å². The van der Waals surface area contributed by atoms with Gasteiger partial charge < -0.3 is 15.2 Å². The fraction of sp³-hybridized carbons (Fsp3) is 0.688. The molecule has 0 aliphatic heterocycles. The maximum absolute atomic E-state index is 10.6. The lowest BCUT2D eigenvalue weighted by molar-refractivity contribution is -0.000866. The Labute approximate surface area is 121 Å². The van der Waals surface area contributed by atoms with Gasteiger partial charge in [0, 0.05) is 12.7 Å². The number of anilines is 1. The highest BCUT2D eigenvalue weighted by molar-refractivity contribution is 5.49. The van der Waals surface area contributed by atoms with Gasteiger partial charge in [-0.2, -0.15) is 0 Å². The zero-order valence-electron chi connectivity index (χ0n) is 12.7. The lowest BCUT2D eigenvalue weighted by Gasteiger charge is -2.35. The van der Waals surface area contributed by atoms with Crippen molar-refractivity contribution in [1.29, 1.82) is 0 Å². The van der Waals surface area contributed by atoms with Gasteiger partial charge in [0.15, 0.2) is 11.6 Å². The highest BCUT2D eigenvalue weighted by atomic mass is 16.5. The summed E-state index contributed by atoms with van der Waals surface area (Å²) in [4.78, 5) is 4.32. The molecular formula is C16H26N2O2. The summed E-state index contributed by atoms with van der Waals surface area (Å²) in [6, 6.07) is 3.77. The van der Waals surface area contributed by atoms with Crippen molar-refractivity contribution in [3.63, 3.8) is 0 Å². The second-order valence-corrected chi connectivity index (χ2v) is 6.30. The number of hydrogen-bond acceptors (Lipinski definition) is 4. The van der Waals surface area contributed by atoms with Crippen molar-refractivity contribution in [2.24, 2.45) is 5.92 Å². The monoisotopic (exact) mass is 278 g/mol. The van der Waals surface area contributed by atoms with E-state index in [1.807, 2.05) is 26.0 Å². The van der Waals surface area contributed by atoms with Crippen molar-refractivity contribution >= 4 is 5.82 Å². The zero-order valence-corrected chi connectivity index (χ0v) is 12.7. The predicted octanol–water partition coefficient (Wildman–Crippen LogP) is 3.22. The van der Waals surface area contributed by atoms with E-state index in [1.165, 1.54) is 6.42 Å². The molecule has 4 nitrogen and oxygen atoms in total. The summed E-state index contributed by atoms with van der Waals surface area (Å²) in [5.41, 5.74) is -0.621. The number of ether oxygens (including phenoxy) is 1. The number of nitrogens with one attached hydrogen (secondary N) is 1. The molecule has 1 aromatic rings. The number of aliphatic hydroxyl groups is 1. The molecule has 1 aliphatic rings. The van der Waals surface area contributed by atoms with E-state index in [4.69, 9.17) is 4.74 Å². The van der Waals surface area contributed by atoms with E-state index >= 15 is 0 Å². The second kappa shape index (κ2) is 6.44. The summed E-state index contributed by atoms with van der Waals surface area (Å²) in [6.45, 7) is 6.72. The Morgan fingerprint density at radius 2 is 2.35 bits per heavy atom. The molecule has 20 heavy (non-hydrogen) atoms. The van der Waals surface area contributed by atoms with Crippen molar-refractivity contribution in [3.05, 3.63) is 18.3 Å². The number of rotatable bonds is 5. The van der Waals surface area contributed by atoms with E-state index in [0.29, 0.717) is 18.3 Å². The van der Waals surface area contributed by atoms with Gasteiger partial charge in [-0.1, -0.05) is 19.8 Å². The van der Waals surface area contributed by atoms with Crippen LogP contribution in [0.2, 0.25) is 0 Å². The Hall–Kier alpha value is -1.29. The predicted molar refractivity (Wildman–Crippen MR) is 81.1 cm³/mol. The van der Waals surface area contributed by atoms with Gasteiger partial charge in [0.25, 0.3) is 0 Å². The third-order valence-corrected chi connectivity index (χ3v) is 3.79. The molecule has 1 heterocycles. The summed E-state index contributed by atoms with van der Waals surface area (Å²) in [7, 11) is 0. The minimum absolute atomic E-state index is 0.109. The first kappa shape index (κ1) is 15.1. The SMILES string of the molecule is CC1CCCC(O)(CNc2ncccc2OC(C)C)C1. The molecule has 112 valence electrons. The number of aromatic nitrogens is 1. The van der Waals surface area contributed by atoms with Gasteiger partial charge in [-0.25, -0.2) is 4.98 Å². The van der Waals surface area contributed by atoms with Crippen LogP contribution in [0.25, 0.3) is 0 Å². The van der Waals surface area contributed by atoms with E-state index in [-0.39, 0.29) is 6.10 Å². The molecule has 1 fully saturated rings. The molecule has 1 saturated carbocycles. The molecule has 2 unspecified atom stereocenters. The highest BCUT2D eigenvalue weighted by Gasteiger charge is 2.32. The van der Waals surface area contributed by atoms with Crippen LogP contribution in [0.1, 0.15) is 46.5 Å². The molecule has 4 heteroatoms. The Bertz CT molecular complexity index is 436. The molecule has 1 aliphatic carbocycles. The topological polar surface area (TPSA) is 54.4 Å². The Morgan fingerprint density at radius 3 is 3.05 bits per heavy atom. The van der Waals surface area contributed by atoms with Gasteiger partial charge in [-0.3, -0.25) is 0 Å². The van der Waals surface area contributed by atoms with Crippen LogP contribution in [0.15, 0.2) is 18.3 Å². The normalized spacial score (nSPS) is 26.6. The third-order valence-electron chi connectivity index (χ3n) is 3.79. The van der Waals surface area contributed by atoms with Crippen LogP contribution in [0.4, 0.5) is 5.82 Å². The van der Waals surface area contributed by atoms with Crippen LogP contribution in [0.5, 0.6) is 5.75 Å². The highest BCUT2D eigenvalue weighted by Crippen LogP contribution is 2.33. The molecule has 0 bridgehead atoms. The van der Waals surface area contributed by atoms with Crippen LogP contribution < -0.4 is 10.1 Å². The van der Waals surface area contributed by atoms with Crippen molar-refractivity contribution in [2.45, 2.75) is 58.2 Å². The summed E-state index contributed by atoms with van der Waals surface area (Å²) in [5, 5.41) is 13.9. The molecule has 1 aromatic heterocycles. The smallest absolute Gasteiger partial charge is 0.168 e. The molecular weight excluding hydrogens is 252 g/mol. The largest absolute Gasteiger partial charge is 0.487 e. The Balaban J connectivity index is 1.99. The molecule has 2 N–H and O–H groups in total. The quantitative estimate of drug-likeness (QED) is 0.868. The fourth-order valence-electron chi connectivity index (χ4n) is 2.91. The van der Waals surface area contributed by atoms with Crippen LogP contribution in [-0.2, 0) is 0 Å². The summed E-state index contributed by atoms with van der Waals surface area (Å²) in [6.07, 6.45) is 5.87. The van der Waals surface area contributed by atoms with Crippen LogP contribution >= 0.6 is 0 Å². The average molecular weight is 278 g/mol. The van der Waals surface area contributed by atoms with Gasteiger partial charge >= 0.3 is 0 Å². The first-order chi connectivity index (χ1) is 9.48. The van der Waals surface area contributed by atoms with Crippen LogP contribution in [0, 0.1) is 5.92 Å². The number of hydrogen-bond donors (Lipinski definition) is 2. The van der Waals surface area contributed by atoms with E-state index in [9.17, 15) is 5.11 Å². The summed E-state index contributed by atoms with van der Waals surface area (Å²) in [5.74, 6) is 2.05. The van der Waals surface area contributed by atoms with Gasteiger partial charge in [0.1, 0.15) is 0 Å². The Morgan fingerprint density at radius 1 is 1.55 bits per heavy atom. The Kier molecular flexibility index (Phi) is 4.86. The lowest BCUT2D eigenvalue weighted by Crippen LogP contribution is -2.41. The van der Waals surface area contributed by atoms with Crippen molar-refractivity contribution < 1.29 is 9.84 Å². The van der Waals surface area contributed by atoms with E-state index < -0.39 is 5.60 Å². The van der Waals surface area contributed by atoms with Crippen molar-refractivity contribution in [1.82, 2.24) is 4.98 Å². The molecule has 2 atom stereocenters. The van der Waals surface area contributed by atoms with E-state index in [0.717, 1.165) is 25.0 Å². The van der Waals surface area contributed by atoms with Crippen LogP contribution in [0.3, 0.4) is 0 Å². The molecule has 0 aromatic carbocycles. The standard InChI is InChI=1S/C16H26N2O2/c1-12(2)20-14-7-5-9-17-15(14)18-11-16(19)8-4-6-13(3)10-16/h5,7,9,12-13,19H,4,6,8,10-11H2,1-3H3,(H,17,18). The summed E-state index contributed by atoms with van der Waals surface area (Å²) < 4.78 is 5.73. The molecule has 2 rings (SSSR count). The maximum Gasteiger partial charge on any atom is 0.168 e. The summed E-state index contributed by atoms with van der Waals surface area (Å²) >= 11 is 0. The van der Waals surface area contributed by atoms with Crippen molar-refractivity contribution in [2.75, 3.05) is 11.9 Å². The average Bonchev–Trinajstić information content (AvgIpc) is 2.37. The number of nitrogens with zero attached hydrogens (tertiary/aromatic N) is 1. The zero-order chi connectivity index (χ0) is 14.6. The van der Waals surface area contributed by atoms with Crippen molar-refractivity contribution in [3.8, 4) is 5.75 Å². The third kappa shape index (κ3) is 4.10. The second-order valence-electron chi connectivity index (χ2n) is 6.30. The van der Waals surface area contributed by atoms with Gasteiger partial charge in [-0.05, 0) is 44.7 Å². The van der Waals surface area contributed by atoms with E-state index in [1.54, 1.807) is 6.20 Å². The minimum atomic E-state index is -0.621. The fourth-order valence-corrected chi connectivity index (χ4v) is 2.91. The molecule has 0 amide bonds. The molecule has 0 radical (unpaired) electrons. The first-order valence-electron chi connectivity index (χ1n) is 7.56. The lowest BCUT2D eigenvalue weighted by atomic mass is 9.79. The van der Waals surface area contributed by atoms with Gasteiger partial charge in [0.05, 0.1) is 11.7 Å². The van der Waals surface area contributed by atoms with Gasteiger partial charge in [-0.15, -0.1) is 0 Å². The minimum Gasteiger partial charge on any atom is -0.487 e. The molecule has 0 spiro atoms. The van der Waals surface area contributed by atoms with E-state index in [2.05, 4.69) is 17.2 Å². The van der Waals surface area contributed by atoms with Crippen LogP contribution in [-0.4, -0.2) is 28.3 Å². The first-order valence-corrected chi connectivity index (χ1v) is 7.56.